The highest BCUT2D eigenvalue weighted by molar-refractivity contribution is 5.83. The van der Waals surface area contributed by atoms with Crippen LogP contribution >= 0.6 is 0 Å². The van der Waals surface area contributed by atoms with Gasteiger partial charge >= 0.3 is 12.0 Å². The van der Waals surface area contributed by atoms with Gasteiger partial charge in [0, 0.05) is 25.4 Å². The Balaban J connectivity index is 1.62. The highest BCUT2D eigenvalue weighted by Gasteiger charge is 2.37. The maximum absolute atomic E-state index is 11.5. The number of aliphatic carboxylic acids is 1. The monoisotopic (exact) mass is 266 g/mol. The Labute approximate surface area is 110 Å². The Hall–Kier alpha value is -2.05. The van der Waals surface area contributed by atoms with Crippen molar-refractivity contribution in [3.63, 3.8) is 0 Å². The van der Waals surface area contributed by atoms with Crippen LogP contribution in [0, 0.1) is 5.92 Å². The first kappa shape index (κ1) is 13.4. The van der Waals surface area contributed by atoms with Gasteiger partial charge in [0.2, 0.25) is 0 Å². The molecule has 1 fully saturated rings. The van der Waals surface area contributed by atoms with E-state index < -0.39 is 18.0 Å². The molecule has 1 saturated carbocycles. The molecule has 0 aromatic carbocycles. The van der Waals surface area contributed by atoms with E-state index in [1.807, 2.05) is 0 Å². The van der Waals surface area contributed by atoms with Crippen LogP contribution in [0.5, 0.6) is 0 Å². The zero-order chi connectivity index (χ0) is 13.7. The zero-order valence-corrected chi connectivity index (χ0v) is 10.6. The van der Waals surface area contributed by atoms with Gasteiger partial charge < -0.3 is 20.7 Å². The lowest BCUT2D eigenvalue weighted by Gasteiger charge is -2.14. The average molecular weight is 266 g/mol. The zero-order valence-electron chi connectivity index (χ0n) is 10.6. The number of hydrogen-bond donors (Lipinski definition) is 4. The molecule has 4 N–H and O–H groups in total. The van der Waals surface area contributed by atoms with E-state index in [0.29, 0.717) is 6.54 Å². The summed E-state index contributed by atoms with van der Waals surface area (Å²) in [6.07, 6.45) is 6.68. The van der Waals surface area contributed by atoms with E-state index >= 15 is 0 Å². The Morgan fingerprint density at radius 1 is 1.53 bits per heavy atom. The summed E-state index contributed by atoms with van der Waals surface area (Å²) >= 11 is 0. The second-order valence-electron chi connectivity index (χ2n) is 4.69. The van der Waals surface area contributed by atoms with Crippen molar-refractivity contribution in [1.29, 1.82) is 0 Å². The summed E-state index contributed by atoms with van der Waals surface area (Å²) in [6.45, 7) is 0.490. The fraction of sp³-hybridized carbons (Fsp3) is 0.583. The van der Waals surface area contributed by atoms with E-state index in [0.717, 1.165) is 31.5 Å². The molecule has 2 amide bonds. The number of carboxylic acid groups (broad SMARTS) is 1. The minimum Gasteiger partial charge on any atom is -0.480 e. The van der Waals surface area contributed by atoms with E-state index in [-0.39, 0.29) is 5.92 Å². The second-order valence-corrected chi connectivity index (χ2v) is 4.69. The molecule has 0 bridgehead atoms. The third-order valence-corrected chi connectivity index (χ3v) is 3.08. The highest BCUT2D eigenvalue weighted by Crippen LogP contribution is 2.32. The van der Waals surface area contributed by atoms with Gasteiger partial charge in [-0.2, -0.15) is 0 Å². The number of rotatable bonds is 7. The van der Waals surface area contributed by atoms with Gasteiger partial charge in [0.15, 0.2) is 0 Å². The third kappa shape index (κ3) is 4.27. The normalized spacial score (nSPS) is 15.8. The van der Waals surface area contributed by atoms with Gasteiger partial charge in [0.25, 0.3) is 0 Å². The molecule has 1 aliphatic carbocycles. The van der Waals surface area contributed by atoms with Gasteiger partial charge in [-0.3, -0.25) is 0 Å². The Morgan fingerprint density at radius 2 is 2.32 bits per heavy atom. The highest BCUT2D eigenvalue weighted by atomic mass is 16.4. The number of imidazole rings is 1. The lowest BCUT2D eigenvalue weighted by atomic mass is 10.2. The molecule has 2 rings (SSSR count). The van der Waals surface area contributed by atoms with E-state index in [4.69, 9.17) is 5.11 Å². The predicted octanol–water partition coefficient (Wildman–Crippen LogP) is 0.505. The molecule has 1 aliphatic rings. The minimum absolute atomic E-state index is 0.0892. The fourth-order valence-corrected chi connectivity index (χ4v) is 1.90. The molecule has 1 aromatic heterocycles. The number of nitrogens with zero attached hydrogens (tertiary/aromatic N) is 1. The molecule has 0 spiro atoms. The Morgan fingerprint density at radius 3 is 2.89 bits per heavy atom. The molecule has 1 unspecified atom stereocenters. The third-order valence-electron chi connectivity index (χ3n) is 3.08. The fourth-order valence-electron chi connectivity index (χ4n) is 1.90. The Kier molecular flexibility index (Phi) is 4.38. The number of aromatic nitrogens is 2. The molecular weight excluding hydrogens is 248 g/mol. The van der Waals surface area contributed by atoms with Crippen molar-refractivity contribution in [3.8, 4) is 0 Å². The van der Waals surface area contributed by atoms with E-state index in [1.54, 1.807) is 12.4 Å². The molecule has 0 saturated heterocycles. The molecule has 19 heavy (non-hydrogen) atoms. The molecule has 1 heterocycles. The molecule has 7 nitrogen and oxygen atoms in total. The number of aromatic amines is 1. The van der Waals surface area contributed by atoms with Crippen LogP contribution in [-0.4, -0.2) is 39.7 Å². The summed E-state index contributed by atoms with van der Waals surface area (Å²) in [6, 6.07) is -1.18. The van der Waals surface area contributed by atoms with Crippen molar-refractivity contribution in [2.45, 2.75) is 31.7 Å². The number of carboxylic acids is 1. The molecule has 0 aliphatic heterocycles. The van der Waals surface area contributed by atoms with Crippen LogP contribution in [0.25, 0.3) is 0 Å². The average Bonchev–Trinajstić information content (AvgIpc) is 3.08. The molecule has 1 aromatic rings. The minimum atomic E-state index is -0.965. The Bertz CT molecular complexity index is 428. The molecule has 7 heteroatoms. The van der Waals surface area contributed by atoms with Gasteiger partial charge in [-0.25, -0.2) is 14.6 Å². The summed E-state index contributed by atoms with van der Waals surface area (Å²) in [7, 11) is 0. The molecule has 104 valence electrons. The number of carbonyl (C=O) groups excluding carboxylic acids is 1. The van der Waals surface area contributed by atoms with Crippen LogP contribution < -0.4 is 10.6 Å². The van der Waals surface area contributed by atoms with Crippen LogP contribution in [0.15, 0.2) is 12.4 Å². The van der Waals surface area contributed by atoms with E-state index in [2.05, 4.69) is 20.6 Å². The smallest absolute Gasteiger partial charge is 0.326 e. The van der Waals surface area contributed by atoms with Crippen molar-refractivity contribution >= 4 is 12.0 Å². The van der Waals surface area contributed by atoms with Crippen molar-refractivity contribution in [3.05, 3.63) is 18.2 Å². The van der Waals surface area contributed by atoms with Gasteiger partial charge in [0.1, 0.15) is 11.9 Å². The van der Waals surface area contributed by atoms with Crippen molar-refractivity contribution in [1.82, 2.24) is 20.6 Å². The van der Waals surface area contributed by atoms with Gasteiger partial charge in [0.05, 0.1) is 0 Å². The van der Waals surface area contributed by atoms with Crippen molar-refractivity contribution in [2.24, 2.45) is 5.92 Å². The standard InChI is InChI=1S/C12H18N4O3/c17-11(18)10(8-3-4-8)16-12(19)15-5-1-2-9-13-6-7-14-9/h6-8,10H,1-5H2,(H,13,14)(H,17,18)(H2,15,16,19). The molecule has 1 atom stereocenters. The van der Waals surface area contributed by atoms with Crippen molar-refractivity contribution in [2.75, 3.05) is 6.54 Å². The van der Waals surface area contributed by atoms with Crippen molar-refractivity contribution < 1.29 is 14.7 Å². The lowest BCUT2D eigenvalue weighted by Crippen LogP contribution is -2.47. The summed E-state index contributed by atoms with van der Waals surface area (Å²) in [5, 5.41) is 14.1. The SMILES string of the molecule is O=C(NCCCc1ncc[nH]1)NC(C(=O)O)C1CC1. The number of H-pyrrole nitrogens is 1. The van der Waals surface area contributed by atoms with Crippen LogP contribution in [0.1, 0.15) is 25.1 Å². The summed E-state index contributed by atoms with van der Waals surface area (Å²) < 4.78 is 0. The number of amides is 2. The van der Waals surface area contributed by atoms with Crippen LogP contribution in [0.2, 0.25) is 0 Å². The summed E-state index contributed by atoms with van der Waals surface area (Å²) in [5.41, 5.74) is 0. The topological polar surface area (TPSA) is 107 Å². The first-order valence-electron chi connectivity index (χ1n) is 6.42. The largest absolute Gasteiger partial charge is 0.480 e. The van der Waals surface area contributed by atoms with Gasteiger partial charge in [-0.05, 0) is 25.2 Å². The number of nitrogens with one attached hydrogen (secondary N) is 3. The maximum Gasteiger partial charge on any atom is 0.326 e. The predicted molar refractivity (Wildman–Crippen MR) is 67.6 cm³/mol. The maximum atomic E-state index is 11.5. The quantitative estimate of drug-likeness (QED) is 0.539. The summed E-state index contributed by atoms with van der Waals surface area (Å²) in [5.74, 6) is 0.00297. The second kappa shape index (κ2) is 6.21. The molecule has 0 radical (unpaired) electrons. The van der Waals surface area contributed by atoms with Crippen LogP contribution in [0.4, 0.5) is 4.79 Å². The van der Waals surface area contributed by atoms with E-state index in [1.165, 1.54) is 0 Å². The van der Waals surface area contributed by atoms with Crippen LogP contribution in [-0.2, 0) is 11.2 Å². The van der Waals surface area contributed by atoms with Crippen LogP contribution in [0.3, 0.4) is 0 Å². The first-order chi connectivity index (χ1) is 9.16. The lowest BCUT2D eigenvalue weighted by molar-refractivity contribution is -0.139. The number of aryl methyl sites for hydroxylation is 1. The summed E-state index contributed by atoms with van der Waals surface area (Å²) in [4.78, 5) is 29.5. The number of urea groups is 1. The van der Waals surface area contributed by atoms with Gasteiger partial charge in [-0.15, -0.1) is 0 Å². The van der Waals surface area contributed by atoms with E-state index in [9.17, 15) is 9.59 Å². The van der Waals surface area contributed by atoms with Gasteiger partial charge in [-0.1, -0.05) is 0 Å². The molecular formula is C12H18N4O3. The first-order valence-corrected chi connectivity index (χ1v) is 6.42. The number of hydrogen-bond acceptors (Lipinski definition) is 3. The number of carbonyl (C=O) groups is 2.